The summed E-state index contributed by atoms with van der Waals surface area (Å²) in [4.78, 5) is 10.4. The Bertz CT molecular complexity index is 542. The molecule has 1 aromatic carbocycles. The van der Waals surface area contributed by atoms with E-state index in [0.717, 1.165) is 6.54 Å². The molecule has 0 saturated heterocycles. The van der Waals surface area contributed by atoms with Crippen LogP contribution in [0, 0.1) is 32.8 Å². The van der Waals surface area contributed by atoms with E-state index in [1.54, 1.807) is 6.07 Å². The highest BCUT2D eigenvalue weighted by atomic mass is 16.6. The number of nitrogens with zero attached hydrogens (tertiary/aromatic N) is 2. The normalized spacial score (nSPS) is 15.9. The fraction of sp³-hybridized carbons (Fsp3) is 0.500. The summed E-state index contributed by atoms with van der Waals surface area (Å²) in [6.45, 7) is 5.24. The molecule has 0 amide bonds. The number of nitro groups is 1. The van der Waals surface area contributed by atoms with Crippen LogP contribution in [0.2, 0.25) is 0 Å². The molecule has 0 unspecified atom stereocenters. The molecular formula is C14H17N3O2. The summed E-state index contributed by atoms with van der Waals surface area (Å²) in [6, 6.07) is 6.50. The fourth-order valence-electron chi connectivity index (χ4n) is 2.28. The average molecular weight is 259 g/mol. The third-order valence-corrected chi connectivity index (χ3v) is 4.08. The number of rotatable bonds is 5. The average Bonchev–Trinajstić information content (AvgIpc) is 3.17. The van der Waals surface area contributed by atoms with Gasteiger partial charge in [0.15, 0.2) is 0 Å². The fourth-order valence-corrected chi connectivity index (χ4v) is 2.28. The number of anilines is 1. The van der Waals surface area contributed by atoms with E-state index in [1.165, 1.54) is 25.0 Å². The van der Waals surface area contributed by atoms with Crippen molar-refractivity contribution in [2.45, 2.75) is 26.7 Å². The van der Waals surface area contributed by atoms with Crippen LogP contribution >= 0.6 is 0 Å². The molecule has 0 aromatic heterocycles. The SMILES string of the molecule is CC(C)C1(CNc2ccc(C#N)c([N+](=O)[O-])c2)CC1. The topological polar surface area (TPSA) is 79.0 Å². The van der Waals surface area contributed by atoms with Crippen molar-refractivity contribution in [2.24, 2.45) is 11.3 Å². The van der Waals surface area contributed by atoms with Crippen LogP contribution in [0.3, 0.4) is 0 Å². The zero-order valence-corrected chi connectivity index (χ0v) is 11.1. The largest absolute Gasteiger partial charge is 0.384 e. The molecule has 1 N–H and O–H groups in total. The molecule has 1 aliphatic carbocycles. The molecule has 0 bridgehead atoms. The van der Waals surface area contributed by atoms with Gasteiger partial charge >= 0.3 is 0 Å². The van der Waals surface area contributed by atoms with Gasteiger partial charge in [0.2, 0.25) is 0 Å². The first-order valence-corrected chi connectivity index (χ1v) is 6.41. The Kier molecular flexibility index (Phi) is 3.43. The molecule has 1 saturated carbocycles. The number of nitrogens with one attached hydrogen (secondary N) is 1. The molecule has 1 aromatic rings. The summed E-state index contributed by atoms with van der Waals surface area (Å²) >= 11 is 0. The van der Waals surface area contributed by atoms with Crippen molar-refractivity contribution in [1.29, 1.82) is 5.26 Å². The van der Waals surface area contributed by atoms with E-state index in [0.29, 0.717) is 17.0 Å². The summed E-state index contributed by atoms with van der Waals surface area (Å²) in [7, 11) is 0. The van der Waals surface area contributed by atoms with Crippen molar-refractivity contribution in [2.75, 3.05) is 11.9 Å². The van der Waals surface area contributed by atoms with Crippen LogP contribution in [-0.4, -0.2) is 11.5 Å². The Labute approximate surface area is 112 Å². The summed E-state index contributed by atoms with van der Waals surface area (Å²) < 4.78 is 0. The van der Waals surface area contributed by atoms with Crippen molar-refractivity contribution < 1.29 is 4.92 Å². The summed E-state index contributed by atoms with van der Waals surface area (Å²) in [5.41, 5.74) is 1.00. The van der Waals surface area contributed by atoms with Gasteiger partial charge in [0.1, 0.15) is 11.6 Å². The van der Waals surface area contributed by atoms with Gasteiger partial charge in [0.25, 0.3) is 5.69 Å². The van der Waals surface area contributed by atoms with Gasteiger partial charge in [-0.2, -0.15) is 5.26 Å². The van der Waals surface area contributed by atoms with Crippen LogP contribution in [0.15, 0.2) is 18.2 Å². The molecule has 5 nitrogen and oxygen atoms in total. The lowest BCUT2D eigenvalue weighted by atomic mass is 9.92. The summed E-state index contributed by atoms with van der Waals surface area (Å²) in [5.74, 6) is 0.605. The second-order valence-corrected chi connectivity index (χ2v) is 5.47. The predicted molar refractivity (Wildman–Crippen MR) is 72.8 cm³/mol. The lowest BCUT2D eigenvalue weighted by Gasteiger charge is -2.20. The number of benzene rings is 1. The van der Waals surface area contributed by atoms with Crippen LogP contribution < -0.4 is 5.32 Å². The lowest BCUT2D eigenvalue weighted by Crippen LogP contribution is -2.20. The monoisotopic (exact) mass is 259 g/mol. The first-order valence-electron chi connectivity index (χ1n) is 6.41. The Morgan fingerprint density at radius 2 is 2.21 bits per heavy atom. The van der Waals surface area contributed by atoms with E-state index < -0.39 is 4.92 Å². The molecule has 19 heavy (non-hydrogen) atoms. The number of hydrogen-bond donors (Lipinski definition) is 1. The van der Waals surface area contributed by atoms with Crippen molar-refractivity contribution in [3.8, 4) is 6.07 Å². The number of nitro benzene ring substituents is 1. The third kappa shape index (κ3) is 2.68. The molecular weight excluding hydrogens is 242 g/mol. The molecule has 0 radical (unpaired) electrons. The van der Waals surface area contributed by atoms with E-state index in [4.69, 9.17) is 5.26 Å². The maximum Gasteiger partial charge on any atom is 0.289 e. The van der Waals surface area contributed by atoms with Crippen molar-refractivity contribution in [3.05, 3.63) is 33.9 Å². The second-order valence-electron chi connectivity index (χ2n) is 5.47. The second kappa shape index (κ2) is 4.88. The number of nitriles is 1. The smallest absolute Gasteiger partial charge is 0.289 e. The first-order chi connectivity index (χ1) is 8.98. The minimum Gasteiger partial charge on any atom is -0.384 e. The molecule has 1 aliphatic rings. The molecule has 1 fully saturated rings. The minimum atomic E-state index is -0.515. The zero-order chi connectivity index (χ0) is 14.0. The highest BCUT2D eigenvalue weighted by Crippen LogP contribution is 2.51. The summed E-state index contributed by atoms with van der Waals surface area (Å²) in [5, 5.41) is 23.0. The van der Waals surface area contributed by atoms with Crippen LogP contribution in [0.4, 0.5) is 11.4 Å². The van der Waals surface area contributed by atoms with Crippen LogP contribution in [0.1, 0.15) is 32.3 Å². The molecule has 0 spiro atoms. The Morgan fingerprint density at radius 3 is 2.68 bits per heavy atom. The Balaban J connectivity index is 2.12. The van der Waals surface area contributed by atoms with Gasteiger partial charge in [0.05, 0.1) is 4.92 Å². The maximum absolute atomic E-state index is 10.9. The molecule has 0 heterocycles. The molecule has 0 atom stereocenters. The molecule has 100 valence electrons. The predicted octanol–water partition coefficient (Wildman–Crippen LogP) is 3.31. The third-order valence-electron chi connectivity index (χ3n) is 4.08. The standard InChI is InChI=1S/C14H17N3O2/c1-10(2)14(5-6-14)9-16-12-4-3-11(8-15)13(7-12)17(18)19/h3-4,7,10,16H,5-6,9H2,1-2H3. The van der Waals surface area contributed by atoms with E-state index in [9.17, 15) is 10.1 Å². The van der Waals surface area contributed by atoms with Gasteiger partial charge in [-0.05, 0) is 36.3 Å². The van der Waals surface area contributed by atoms with Gasteiger partial charge in [-0.3, -0.25) is 10.1 Å². The van der Waals surface area contributed by atoms with E-state index >= 15 is 0 Å². The van der Waals surface area contributed by atoms with Gasteiger partial charge in [0, 0.05) is 18.3 Å². The molecule has 0 aliphatic heterocycles. The van der Waals surface area contributed by atoms with Crippen LogP contribution in [0.25, 0.3) is 0 Å². The highest BCUT2D eigenvalue weighted by molar-refractivity contribution is 5.59. The van der Waals surface area contributed by atoms with Crippen molar-refractivity contribution >= 4 is 11.4 Å². The zero-order valence-electron chi connectivity index (χ0n) is 11.1. The maximum atomic E-state index is 10.9. The van der Waals surface area contributed by atoms with Crippen LogP contribution in [0.5, 0.6) is 0 Å². The van der Waals surface area contributed by atoms with Crippen LogP contribution in [-0.2, 0) is 0 Å². The van der Waals surface area contributed by atoms with E-state index in [-0.39, 0.29) is 11.3 Å². The van der Waals surface area contributed by atoms with Gasteiger partial charge in [-0.25, -0.2) is 0 Å². The Hall–Kier alpha value is -2.09. The van der Waals surface area contributed by atoms with Crippen molar-refractivity contribution in [1.82, 2.24) is 0 Å². The number of hydrogen-bond acceptors (Lipinski definition) is 4. The van der Waals surface area contributed by atoms with E-state index in [2.05, 4.69) is 19.2 Å². The molecule has 5 heteroatoms. The molecule has 2 rings (SSSR count). The van der Waals surface area contributed by atoms with Gasteiger partial charge in [-0.15, -0.1) is 0 Å². The van der Waals surface area contributed by atoms with Gasteiger partial charge < -0.3 is 5.32 Å². The lowest BCUT2D eigenvalue weighted by molar-refractivity contribution is -0.385. The minimum absolute atomic E-state index is 0.0977. The highest BCUT2D eigenvalue weighted by Gasteiger charge is 2.44. The van der Waals surface area contributed by atoms with Crippen molar-refractivity contribution in [3.63, 3.8) is 0 Å². The Morgan fingerprint density at radius 1 is 1.53 bits per heavy atom. The first kappa shape index (κ1) is 13.3. The summed E-state index contributed by atoms with van der Waals surface area (Å²) in [6.07, 6.45) is 2.41. The quantitative estimate of drug-likeness (QED) is 0.649. The van der Waals surface area contributed by atoms with Gasteiger partial charge in [-0.1, -0.05) is 13.8 Å². The van der Waals surface area contributed by atoms with E-state index in [1.807, 2.05) is 6.07 Å².